The Bertz CT molecular complexity index is 161. The van der Waals surface area contributed by atoms with E-state index in [1.54, 1.807) is 0 Å². The fraction of sp³-hybridized carbons (Fsp3) is 0.947. The lowest BCUT2D eigenvalue weighted by Gasteiger charge is -2.12. The van der Waals surface area contributed by atoms with Crippen LogP contribution in [-0.2, 0) is 0 Å². The SMILES string of the molecule is [CH2]CCCC(C)CCCCCC(C)CCCCCC. The van der Waals surface area contributed by atoms with Gasteiger partial charge in [-0.1, -0.05) is 111 Å². The van der Waals surface area contributed by atoms with Crippen molar-refractivity contribution in [3.05, 3.63) is 6.92 Å². The van der Waals surface area contributed by atoms with Gasteiger partial charge in [-0.05, 0) is 11.8 Å². The molecule has 1 radical (unpaired) electrons. The molecule has 19 heavy (non-hydrogen) atoms. The van der Waals surface area contributed by atoms with E-state index in [4.69, 9.17) is 0 Å². The molecule has 0 aliphatic rings. The van der Waals surface area contributed by atoms with Gasteiger partial charge in [0.1, 0.15) is 0 Å². The summed E-state index contributed by atoms with van der Waals surface area (Å²) < 4.78 is 0. The van der Waals surface area contributed by atoms with Crippen LogP contribution >= 0.6 is 0 Å². The Kier molecular flexibility index (Phi) is 14.4. The number of rotatable bonds is 14. The van der Waals surface area contributed by atoms with Crippen LogP contribution in [0, 0.1) is 18.8 Å². The molecule has 2 atom stereocenters. The van der Waals surface area contributed by atoms with E-state index in [1.165, 1.54) is 77.0 Å². The van der Waals surface area contributed by atoms with Gasteiger partial charge in [0.05, 0.1) is 0 Å². The Balaban J connectivity index is 3.24. The van der Waals surface area contributed by atoms with E-state index in [0.717, 1.165) is 18.3 Å². The van der Waals surface area contributed by atoms with E-state index < -0.39 is 0 Å². The molecule has 0 aromatic rings. The van der Waals surface area contributed by atoms with Crippen LogP contribution in [0.25, 0.3) is 0 Å². The first kappa shape index (κ1) is 19.0. The highest BCUT2D eigenvalue weighted by Gasteiger charge is 2.04. The molecule has 2 unspecified atom stereocenters. The highest BCUT2D eigenvalue weighted by Crippen LogP contribution is 2.20. The van der Waals surface area contributed by atoms with E-state index in [-0.39, 0.29) is 0 Å². The van der Waals surface area contributed by atoms with Gasteiger partial charge in [0, 0.05) is 0 Å². The Morgan fingerprint density at radius 2 is 1.05 bits per heavy atom. The first-order chi connectivity index (χ1) is 9.20. The van der Waals surface area contributed by atoms with Gasteiger partial charge in [0.2, 0.25) is 0 Å². The summed E-state index contributed by atoms with van der Waals surface area (Å²) >= 11 is 0. The maximum atomic E-state index is 3.92. The maximum Gasteiger partial charge on any atom is -0.0443 e. The zero-order chi connectivity index (χ0) is 14.3. The van der Waals surface area contributed by atoms with E-state index >= 15 is 0 Å². The van der Waals surface area contributed by atoms with Crippen molar-refractivity contribution in [1.82, 2.24) is 0 Å². The lowest BCUT2D eigenvalue weighted by molar-refractivity contribution is 0.413. The number of hydrogen-bond acceptors (Lipinski definition) is 0. The van der Waals surface area contributed by atoms with Gasteiger partial charge >= 0.3 is 0 Å². The molecule has 0 N–H and O–H groups in total. The molecule has 0 heteroatoms. The summed E-state index contributed by atoms with van der Waals surface area (Å²) in [5.41, 5.74) is 0. The molecule has 115 valence electrons. The van der Waals surface area contributed by atoms with Crippen molar-refractivity contribution in [1.29, 1.82) is 0 Å². The second-order valence-electron chi connectivity index (χ2n) is 6.69. The van der Waals surface area contributed by atoms with Crippen molar-refractivity contribution in [2.45, 2.75) is 104 Å². The van der Waals surface area contributed by atoms with Crippen LogP contribution in [-0.4, -0.2) is 0 Å². The van der Waals surface area contributed by atoms with E-state index in [2.05, 4.69) is 27.7 Å². The molecular formula is C19H39. The second-order valence-corrected chi connectivity index (χ2v) is 6.69. The van der Waals surface area contributed by atoms with Crippen LogP contribution in [0.5, 0.6) is 0 Å². The normalized spacial score (nSPS) is 14.5. The molecule has 0 spiro atoms. The summed E-state index contributed by atoms with van der Waals surface area (Å²) in [5.74, 6) is 1.88. The minimum atomic E-state index is 0.924. The van der Waals surface area contributed by atoms with Gasteiger partial charge in [-0.15, -0.1) is 0 Å². The van der Waals surface area contributed by atoms with E-state index in [9.17, 15) is 0 Å². The molecule has 0 aromatic heterocycles. The van der Waals surface area contributed by atoms with Crippen molar-refractivity contribution < 1.29 is 0 Å². The van der Waals surface area contributed by atoms with Crippen LogP contribution in [0.15, 0.2) is 0 Å². The summed E-state index contributed by atoms with van der Waals surface area (Å²) in [6.07, 6.45) is 18.2. The quantitative estimate of drug-likeness (QED) is 0.292. The van der Waals surface area contributed by atoms with Crippen molar-refractivity contribution >= 4 is 0 Å². The topological polar surface area (TPSA) is 0 Å². The molecule has 0 saturated carbocycles. The smallest absolute Gasteiger partial charge is 0.0443 e. The third-order valence-electron chi connectivity index (χ3n) is 4.39. The molecular weight excluding hydrogens is 228 g/mol. The van der Waals surface area contributed by atoms with Gasteiger partial charge in [-0.3, -0.25) is 0 Å². The average Bonchev–Trinajstić information content (AvgIpc) is 2.41. The van der Waals surface area contributed by atoms with Gasteiger partial charge in [0.15, 0.2) is 0 Å². The fourth-order valence-corrected chi connectivity index (χ4v) is 2.86. The predicted octanol–water partition coefficient (Wildman–Crippen LogP) is 7.18. The molecule has 0 aliphatic heterocycles. The highest BCUT2D eigenvalue weighted by molar-refractivity contribution is 4.58. The molecule has 0 fully saturated rings. The van der Waals surface area contributed by atoms with Crippen LogP contribution in [0.3, 0.4) is 0 Å². The largest absolute Gasteiger partial charge is 0.0654 e. The first-order valence-electron chi connectivity index (χ1n) is 8.99. The van der Waals surface area contributed by atoms with Crippen molar-refractivity contribution in [2.24, 2.45) is 11.8 Å². The third kappa shape index (κ3) is 14.2. The van der Waals surface area contributed by atoms with Gasteiger partial charge < -0.3 is 0 Å². The lowest BCUT2D eigenvalue weighted by atomic mass is 9.94. The van der Waals surface area contributed by atoms with Crippen molar-refractivity contribution in [3.8, 4) is 0 Å². The molecule has 0 rings (SSSR count). The molecule has 0 saturated heterocycles. The van der Waals surface area contributed by atoms with Crippen molar-refractivity contribution in [2.75, 3.05) is 0 Å². The summed E-state index contributed by atoms with van der Waals surface area (Å²) in [4.78, 5) is 0. The highest BCUT2D eigenvalue weighted by atomic mass is 14.1. The Hall–Kier alpha value is 0. The molecule has 0 aromatic carbocycles. The van der Waals surface area contributed by atoms with Gasteiger partial charge in [0.25, 0.3) is 0 Å². The summed E-state index contributed by atoms with van der Waals surface area (Å²) in [7, 11) is 0. The Morgan fingerprint density at radius 3 is 1.47 bits per heavy atom. The summed E-state index contributed by atoms with van der Waals surface area (Å²) in [5, 5.41) is 0. The zero-order valence-corrected chi connectivity index (χ0v) is 14.1. The molecule has 0 nitrogen and oxygen atoms in total. The Morgan fingerprint density at radius 1 is 0.632 bits per heavy atom. The standard InChI is InChI=1S/C19H39/c1-5-7-9-11-15-19(4)17-13-10-12-16-18(3)14-8-6-2/h18-19H,2,5-17H2,1,3-4H3. The molecule has 0 heterocycles. The van der Waals surface area contributed by atoms with Gasteiger partial charge in [-0.25, -0.2) is 0 Å². The lowest BCUT2D eigenvalue weighted by Crippen LogP contribution is -1.97. The second kappa shape index (κ2) is 14.4. The zero-order valence-electron chi connectivity index (χ0n) is 14.1. The number of unbranched alkanes of at least 4 members (excludes halogenated alkanes) is 6. The number of hydrogen-bond donors (Lipinski definition) is 0. The average molecular weight is 268 g/mol. The van der Waals surface area contributed by atoms with Crippen LogP contribution in [0.2, 0.25) is 0 Å². The first-order valence-corrected chi connectivity index (χ1v) is 8.99. The molecule has 0 bridgehead atoms. The van der Waals surface area contributed by atoms with Crippen molar-refractivity contribution in [3.63, 3.8) is 0 Å². The minimum Gasteiger partial charge on any atom is -0.0654 e. The monoisotopic (exact) mass is 267 g/mol. The molecule has 0 amide bonds. The Labute approximate surface area is 123 Å². The van der Waals surface area contributed by atoms with Crippen LogP contribution < -0.4 is 0 Å². The minimum absolute atomic E-state index is 0.924. The third-order valence-corrected chi connectivity index (χ3v) is 4.39. The van der Waals surface area contributed by atoms with Gasteiger partial charge in [-0.2, -0.15) is 0 Å². The molecule has 0 aliphatic carbocycles. The predicted molar refractivity (Wildman–Crippen MR) is 89.4 cm³/mol. The van der Waals surface area contributed by atoms with E-state index in [1.807, 2.05) is 0 Å². The summed E-state index contributed by atoms with van der Waals surface area (Å²) in [6, 6.07) is 0. The van der Waals surface area contributed by atoms with Crippen LogP contribution in [0.4, 0.5) is 0 Å². The summed E-state index contributed by atoms with van der Waals surface area (Å²) in [6.45, 7) is 11.1. The maximum absolute atomic E-state index is 3.92. The fourth-order valence-electron chi connectivity index (χ4n) is 2.86. The van der Waals surface area contributed by atoms with Crippen LogP contribution in [0.1, 0.15) is 104 Å². The van der Waals surface area contributed by atoms with E-state index in [0.29, 0.717) is 0 Å².